The van der Waals surface area contributed by atoms with Crippen molar-refractivity contribution in [3.05, 3.63) is 34.9 Å². The maximum absolute atomic E-state index is 12.4. The first-order valence-corrected chi connectivity index (χ1v) is 11.1. The van der Waals surface area contributed by atoms with E-state index in [4.69, 9.17) is 11.6 Å². The van der Waals surface area contributed by atoms with Crippen molar-refractivity contribution in [1.82, 2.24) is 9.21 Å². The average Bonchev–Trinajstić information content (AvgIpc) is 2.82. The molecule has 1 aromatic carbocycles. The number of halogens is 1. The third kappa shape index (κ3) is 6.96. The first-order chi connectivity index (χ1) is 11.9. The highest BCUT2D eigenvalue weighted by atomic mass is 35.5. The van der Waals surface area contributed by atoms with Crippen LogP contribution >= 0.6 is 11.6 Å². The van der Waals surface area contributed by atoms with Gasteiger partial charge in [0, 0.05) is 37.6 Å². The zero-order valence-electron chi connectivity index (χ0n) is 14.8. The van der Waals surface area contributed by atoms with Crippen LogP contribution in [0.15, 0.2) is 24.3 Å². The van der Waals surface area contributed by atoms with Crippen LogP contribution in [0.3, 0.4) is 0 Å². The van der Waals surface area contributed by atoms with Crippen LogP contribution in [0.5, 0.6) is 0 Å². The van der Waals surface area contributed by atoms with Crippen molar-refractivity contribution in [2.24, 2.45) is 0 Å². The van der Waals surface area contributed by atoms with Crippen LogP contribution < -0.4 is 0 Å². The lowest BCUT2D eigenvalue weighted by atomic mass is 10.1. The van der Waals surface area contributed by atoms with Crippen molar-refractivity contribution in [3.63, 3.8) is 0 Å². The quantitative estimate of drug-likeness (QED) is 0.723. The largest absolute Gasteiger partial charge is 0.343 e. The molecule has 1 amide bonds. The summed E-state index contributed by atoms with van der Waals surface area (Å²) in [6, 6.07) is 7.41. The highest BCUT2D eigenvalue weighted by Crippen LogP contribution is 2.14. The van der Waals surface area contributed by atoms with Crippen LogP contribution in [0.4, 0.5) is 0 Å². The van der Waals surface area contributed by atoms with Crippen molar-refractivity contribution < 1.29 is 13.2 Å². The van der Waals surface area contributed by atoms with E-state index in [0.29, 0.717) is 18.0 Å². The molecule has 2 rings (SSSR count). The van der Waals surface area contributed by atoms with Gasteiger partial charge in [0.2, 0.25) is 15.9 Å². The third-order valence-corrected chi connectivity index (χ3v) is 6.08. The van der Waals surface area contributed by atoms with Gasteiger partial charge < -0.3 is 4.90 Å². The number of likely N-dealkylation sites (tertiary alicyclic amines) is 1. The zero-order chi connectivity index (χ0) is 18.3. The predicted molar refractivity (Wildman–Crippen MR) is 101 cm³/mol. The highest BCUT2D eigenvalue weighted by Gasteiger charge is 2.21. The molecule has 0 aromatic heterocycles. The molecule has 0 radical (unpaired) electrons. The van der Waals surface area contributed by atoms with Crippen molar-refractivity contribution in [3.8, 4) is 0 Å². The van der Waals surface area contributed by atoms with Gasteiger partial charge in [-0.25, -0.2) is 12.7 Å². The van der Waals surface area contributed by atoms with Crippen LogP contribution in [-0.2, 0) is 21.2 Å². The van der Waals surface area contributed by atoms with Gasteiger partial charge in [0.05, 0.1) is 6.26 Å². The van der Waals surface area contributed by atoms with E-state index in [0.717, 1.165) is 31.5 Å². The molecular formula is C18H27ClN2O3S. The van der Waals surface area contributed by atoms with Crippen LogP contribution in [0.25, 0.3) is 0 Å². The molecule has 0 atom stereocenters. The molecule has 7 heteroatoms. The van der Waals surface area contributed by atoms with Gasteiger partial charge in [-0.3, -0.25) is 4.79 Å². The van der Waals surface area contributed by atoms with Gasteiger partial charge in [-0.15, -0.1) is 0 Å². The van der Waals surface area contributed by atoms with Crippen molar-refractivity contribution in [2.45, 2.75) is 38.5 Å². The van der Waals surface area contributed by atoms with E-state index >= 15 is 0 Å². The minimum Gasteiger partial charge on any atom is -0.343 e. The summed E-state index contributed by atoms with van der Waals surface area (Å²) in [7, 11) is -3.35. The number of hydrogen-bond donors (Lipinski definition) is 0. The molecular weight excluding hydrogens is 360 g/mol. The molecule has 0 N–H and O–H groups in total. The number of rotatable bonds is 7. The lowest BCUT2D eigenvalue weighted by Crippen LogP contribution is -2.38. The molecule has 1 heterocycles. The number of benzene rings is 1. The van der Waals surface area contributed by atoms with Gasteiger partial charge in [-0.05, 0) is 37.0 Å². The van der Waals surface area contributed by atoms with Gasteiger partial charge >= 0.3 is 0 Å². The second-order valence-corrected chi connectivity index (χ2v) is 9.01. The topological polar surface area (TPSA) is 57.7 Å². The average molecular weight is 387 g/mol. The second kappa shape index (κ2) is 9.55. The molecule has 1 saturated heterocycles. The summed E-state index contributed by atoms with van der Waals surface area (Å²) in [6.07, 6.45) is 6.42. The maximum Gasteiger partial charge on any atom is 0.223 e. The van der Waals surface area contributed by atoms with Gasteiger partial charge in [-0.1, -0.05) is 36.6 Å². The second-order valence-electron chi connectivity index (χ2n) is 6.59. The summed E-state index contributed by atoms with van der Waals surface area (Å²) < 4.78 is 25.5. The highest BCUT2D eigenvalue weighted by molar-refractivity contribution is 7.88. The minimum atomic E-state index is -3.35. The van der Waals surface area contributed by atoms with E-state index in [-0.39, 0.29) is 18.9 Å². The molecule has 25 heavy (non-hydrogen) atoms. The van der Waals surface area contributed by atoms with Crippen LogP contribution in [0.1, 0.15) is 37.7 Å². The predicted octanol–water partition coefficient (Wildman–Crippen LogP) is 2.94. The molecule has 1 aromatic rings. The smallest absolute Gasteiger partial charge is 0.223 e. The standard InChI is InChI=1S/C18H27ClN2O3S/c1-25(23,24)21(13-9-16-7-6-8-17(19)15-16)14-10-18(22)20-11-4-2-3-5-12-20/h6-8,15H,2-5,9-14H2,1H3. The lowest BCUT2D eigenvalue weighted by molar-refractivity contribution is -0.131. The molecule has 0 aliphatic carbocycles. The Bertz CT molecular complexity index is 671. The zero-order valence-corrected chi connectivity index (χ0v) is 16.4. The van der Waals surface area contributed by atoms with Gasteiger partial charge in [0.25, 0.3) is 0 Å². The van der Waals surface area contributed by atoms with E-state index < -0.39 is 10.0 Å². The van der Waals surface area contributed by atoms with Gasteiger partial charge in [0.1, 0.15) is 0 Å². The van der Waals surface area contributed by atoms with Gasteiger partial charge in [-0.2, -0.15) is 0 Å². The van der Waals surface area contributed by atoms with Crippen molar-refractivity contribution in [2.75, 3.05) is 32.4 Å². The molecule has 5 nitrogen and oxygen atoms in total. The van der Waals surface area contributed by atoms with E-state index in [1.165, 1.54) is 23.4 Å². The molecule has 0 saturated carbocycles. The number of sulfonamides is 1. The summed E-state index contributed by atoms with van der Waals surface area (Å²) in [4.78, 5) is 14.3. The lowest BCUT2D eigenvalue weighted by Gasteiger charge is -2.23. The number of hydrogen-bond acceptors (Lipinski definition) is 3. The Labute approximate surface area is 156 Å². The van der Waals surface area contributed by atoms with Crippen molar-refractivity contribution in [1.29, 1.82) is 0 Å². The summed E-state index contributed by atoms with van der Waals surface area (Å²) in [5.41, 5.74) is 0.986. The van der Waals surface area contributed by atoms with E-state index in [1.807, 2.05) is 23.1 Å². The van der Waals surface area contributed by atoms with E-state index in [2.05, 4.69) is 0 Å². The Morgan fingerprint density at radius 2 is 1.84 bits per heavy atom. The minimum absolute atomic E-state index is 0.0540. The fraction of sp³-hybridized carbons (Fsp3) is 0.611. The van der Waals surface area contributed by atoms with Crippen molar-refractivity contribution >= 4 is 27.5 Å². The monoisotopic (exact) mass is 386 g/mol. The molecule has 0 bridgehead atoms. The first kappa shape index (κ1) is 20.2. The van der Waals surface area contributed by atoms with Crippen LogP contribution in [0, 0.1) is 0 Å². The summed E-state index contributed by atoms with van der Waals surface area (Å²) in [5, 5.41) is 0.639. The molecule has 0 unspecified atom stereocenters. The van der Waals surface area contributed by atoms with Gasteiger partial charge in [0.15, 0.2) is 0 Å². The molecule has 1 aliphatic heterocycles. The van der Waals surface area contributed by atoms with E-state index in [1.54, 1.807) is 6.07 Å². The Hall–Kier alpha value is -1.11. The third-order valence-electron chi connectivity index (χ3n) is 4.54. The fourth-order valence-electron chi connectivity index (χ4n) is 3.09. The van der Waals surface area contributed by atoms with Crippen LogP contribution in [0.2, 0.25) is 5.02 Å². The van der Waals surface area contributed by atoms with E-state index in [9.17, 15) is 13.2 Å². The first-order valence-electron chi connectivity index (χ1n) is 8.83. The Balaban J connectivity index is 1.90. The Morgan fingerprint density at radius 1 is 1.16 bits per heavy atom. The number of carbonyl (C=O) groups is 1. The summed E-state index contributed by atoms with van der Waals surface area (Å²) in [5.74, 6) is 0.0540. The molecule has 1 fully saturated rings. The maximum atomic E-state index is 12.4. The molecule has 140 valence electrons. The number of nitrogens with zero attached hydrogens (tertiary/aromatic N) is 2. The SMILES string of the molecule is CS(=O)(=O)N(CCC(=O)N1CCCCCC1)CCc1cccc(Cl)c1. The summed E-state index contributed by atoms with van der Waals surface area (Å²) in [6.45, 7) is 2.17. The number of amides is 1. The Kier molecular flexibility index (Phi) is 7.72. The fourth-order valence-corrected chi connectivity index (χ4v) is 4.15. The molecule has 1 aliphatic rings. The number of carbonyl (C=O) groups excluding carboxylic acids is 1. The van der Waals surface area contributed by atoms with Crippen LogP contribution in [-0.4, -0.2) is 56.0 Å². The normalized spacial score (nSPS) is 16.0. The Morgan fingerprint density at radius 3 is 2.44 bits per heavy atom. The summed E-state index contributed by atoms with van der Waals surface area (Å²) >= 11 is 5.97. The molecule has 0 spiro atoms.